The summed E-state index contributed by atoms with van der Waals surface area (Å²) in [7, 11) is 1.41. The van der Waals surface area contributed by atoms with Gasteiger partial charge >= 0.3 is 6.18 Å². The number of nitrogens with one attached hydrogen (secondary N) is 3. The van der Waals surface area contributed by atoms with Crippen molar-refractivity contribution < 1.29 is 18.0 Å². The van der Waals surface area contributed by atoms with E-state index >= 15 is 0 Å². The molecule has 1 heterocycles. The number of alkyl halides is 3. The van der Waals surface area contributed by atoms with Crippen LogP contribution in [0, 0.1) is 0 Å². The third kappa shape index (κ3) is 4.90. The molecule has 0 aromatic carbocycles. The third-order valence-corrected chi connectivity index (χ3v) is 2.24. The van der Waals surface area contributed by atoms with Crippen LogP contribution in [0.5, 0.6) is 0 Å². The van der Waals surface area contributed by atoms with E-state index in [0.29, 0.717) is 6.54 Å². The minimum atomic E-state index is -4.57. The van der Waals surface area contributed by atoms with Gasteiger partial charge in [0.15, 0.2) is 5.69 Å². The van der Waals surface area contributed by atoms with Gasteiger partial charge in [0.2, 0.25) is 11.9 Å². The number of halogens is 3. The summed E-state index contributed by atoms with van der Waals surface area (Å²) in [5.74, 6) is -0.551. The molecule has 0 saturated carbocycles. The van der Waals surface area contributed by atoms with E-state index < -0.39 is 11.9 Å². The van der Waals surface area contributed by atoms with E-state index in [1.807, 2.05) is 6.92 Å². The maximum absolute atomic E-state index is 12.6. The first-order valence-corrected chi connectivity index (χ1v) is 6.01. The average molecular weight is 291 g/mol. The zero-order valence-corrected chi connectivity index (χ0v) is 11.1. The standard InChI is InChI=1S/C11H16F3N5O/c1-3-4-16-9(20)6-17-8-5-7(11(12,13)14)18-10(15-2)19-8/h5H,3-4,6H2,1-2H3,(H,16,20)(H2,15,17,18,19). The molecule has 0 bridgehead atoms. The fraction of sp³-hybridized carbons (Fsp3) is 0.545. The Morgan fingerprint density at radius 3 is 2.60 bits per heavy atom. The zero-order valence-electron chi connectivity index (χ0n) is 11.1. The number of amides is 1. The van der Waals surface area contributed by atoms with Crippen LogP contribution in [0.3, 0.4) is 0 Å². The summed E-state index contributed by atoms with van der Waals surface area (Å²) in [6, 6.07) is 0.758. The van der Waals surface area contributed by atoms with Gasteiger partial charge in [-0.1, -0.05) is 6.92 Å². The van der Waals surface area contributed by atoms with E-state index in [1.165, 1.54) is 7.05 Å². The summed E-state index contributed by atoms with van der Waals surface area (Å²) in [4.78, 5) is 18.5. The van der Waals surface area contributed by atoms with Crippen LogP contribution in [0.15, 0.2) is 6.07 Å². The summed E-state index contributed by atoms with van der Waals surface area (Å²) in [5.41, 5.74) is -1.08. The number of rotatable bonds is 6. The summed E-state index contributed by atoms with van der Waals surface area (Å²) >= 11 is 0. The molecule has 0 unspecified atom stereocenters. The molecule has 0 aliphatic rings. The maximum atomic E-state index is 12.6. The van der Waals surface area contributed by atoms with Crippen LogP contribution in [0.1, 0.15) is 19.0 Å². The molecule has 0 saturated heterocycles. The van der Waals surface area contributed by atoms with Gasteiger partial charge in [0.25, 0.3) is 0 Å². The third-order valence-electron chi connectivity index (χ3n) is 2.24. The SMILES string of the molecule is CCCNC(=O)CNc1cc(C(F)(F)F)nc(NC)n1. The van der Waals surface area contributed by atoms with Gasteiger partial charge < -0.3 is 16.0 Å². The second kappa shape index (κ2) is 6.92. The molecule has 112 valence electrons. The first-order valence-electron chi connectivity index (χ1n) is 6.01. The van der Waals surface area contributed by atoms with Crippen LogP contribution in [0.2, 0.25) is 0 Å². The van der Waals surface area contributed by atoms with Crippen molar-refractivity contribution in [3.8, 4) is 0 Å². The van der Waals surface area contributed by atoms with Crippen LogP contribution in [0.4, 0.5) is 24.9 Å². The number of hydrogen-bond donors (Lipinski definition) is 3. The van der Waals surface area contributed by atoms with Crippen LogP contribution in [-0.4, -0.2) is 36.0 Å². The lowest BCUT2D eigenvalue weighted by Crippen LogP contribution is -2.30. The minimum Gasteiger partial charge on any atom is -0.361 e. The van der Waals surface area contributed by atoms with Gasteiger partial charge in [0.1, 0.15) is 5.82 Å². The lowest BCUT2D eigenvalue weighted by atomic mass is 10.3. The van der Waals surface area contributed by atoms with E-state index in [9.17, 15) is 18.0 Å². The highest BCUT2D eigenvalue weighted by Gasteiger charge is 2.33. The van der Waals surface area contributed by atoms with E-state index in [2.05, 4.69) is 25.9 Å². The average Bonchev–Trinajstić information content (AvgIpc) is 2.41. The van der Waals surface area contributed by atoms with Gasteiger partial charge in [0.05, 0.1) is 6.54 Å². The zero-order chi connectivity index (χ0) is 15.2. The Morgan fingerprint density at radius 2 is 2.05 bits per heavy atom. The number of hydrogen-bond acceptors (Lipinski definition) is 5. The highest BCUT2D eigenvalue weighted by molar-refractivity contribution is 5.80. The Kier molecular flexibility index (Phi) is 5.53. The Labute approximate surface area is 114 Å². The first kappa shape index (κ1) is 16.0. The van der Waals surface area contributed by atoms with Crippen LogP contribution in [0.25, 0.3) is 0 Å². The van der Waals surface area contributed by atoms with E-state index in [0.717, 1.165) is 12.5 Å². The Balaban J connectivity index is 2.77. The molecule has 0 radical (unpaired) electrons. The van der Waals surface area contributed by atoms with Crippen LogP contribution in [-0.2, 0) is 11.0 Å². The van der Waals surface area contributed by atoms with Crippen molar-refractivity contribution in [2.24, 2.45) is 0 Å². The van der Waals surface area contributed by atoms with Crippen LogP contribution >= 0.6 is 0 Å². The normalized spacial score (nSPS) is 11.1. The van der Waals surface area contributed by atoms with Gasteiger partial charge in [-0.05, 0) is 6.42 Å². The highest BCUT2D eigenvalue weighted by atomic mass is 19.4. The Morgan fingerprint density at radius 1 is 1.35 bits per heavy atom. The molecule has 0 atom stereocenters. The number of carbonyl (C=O) groups excluding carboxylic acids is 1. The van der Waals surface area contributed by atoms with Crippen molar-refractivity contribution in [3.63, 3.8) is 0 Å². The Bertz CT molecular complexity index is 464. The summed E-state index contributed by atoms with van der Waals surface area (Å²) in [5, 5.41) is 7.57. The quantitative estimate of drug-likeness (QED) is 0.740. The Hall–Kier alpha value is -2.06. The lowest BCUT2D eigenvalue weighted by molar-refractivity contribution is -0.141. The molecule has 1 amide bonds. The van der Waals surface area contributed by atoms with Gasteiger partial charge in [0, 0.05) is 19.7 Å². The molecule has 0 aliphatic heterocycles. The van der Waals surface area contributed by atoms with Gasteiger partial charge in [-0.15, -0.1) is 0 Å². The molecule has 3 N–H and O–H groups in total. The second-order valence-corrected chi connectivity index (χ2v) is 3.91. The number of anilines is 2. The monoisotopic (exact) mass is 291 g/mol. The number of aromatic nitrogens is 2. The molecule has 0 fully saturated rings. The minimum absolute atomic E-state index is 0.0664. The molecule has 1 aromatic rings. The summed E-state index contributed by atoms with van der Waals surface area (Å²) in [6.07, 6.45) is -3.79. The van der Waals surface area contributed by atoms with Crippen molar-refractivity contribution in [2.75, 3.05) is 30.8 Å². The van der Waals surface area contributed by atoms with Crippen molar-refractivity contribution in [3.05, 3.63) is 11.8 Å². The summed E-state index contributed by atoms with van der Waals surface area (Å²) < 4.78 is 37.9. The molecular weight excluding hydrogens is 275 g/mol. The van der Waals surface area contributed by atoms with Crippen molar-refractivity contribution >= 4 is 17.7 Å². The van der Waals surface area contributed by atoms with Gasteiger partial charge in [-0.25, -0.2) is 4.98 Å². The van der Waals surface area contributed by atoms with Gasteiger partial charge in [-0.3, -0.25) is 4.79 Å². The van der Waals surface area contributed by atoms with Gasteiger partial charge in [-0.2, -0.15) is 18.2 Å². The largest absolute Gasteiger partial charge is 0.433 e. The molecule has 0 aliphatic carbocycles. The molecule has 0 spiro atoms. The molecule has 9 heteroatoms. The smallest absolute Gasteiger partial charge is 0.361 e. The maximum Gasteiger partial charge on any atom is 0.433 e. The fourth-order valence-electron chi connectivity index (χ4n) is 1.29. The predicted octanol–water partition coefficient (Wildman–Crippen LogP) is 1.48. The van der Waals surface area contributed by atoms with E-state index in [1.54, 1.807) is 0 Å². The van der Waals surface area contributed by atoms with E-state index in [-0.39, 0.29) is 24.2 Å². The van der Waals surface area contributed by atoms with Crippen molar-refractivity contribution in [2.45, 2.75) is 19.5 Å². The molecule has 20 heavy (non-hydrogen) atoms. The highest BCUT2D eigenvalue weighted by Crippen LogP contribution is 2.29. The molecular formula is C11H16F3N5O. The topological polar surface area (TPSA) is 78.9 Å². The number of nitrogens with zero attached hydrogens (tertiary/aromatic N) is 2. The van der Waals surface area contributed by atoms with E-state index in [4.69, 9.17) is 0 Å². The second-order valence-electron chi connectivity index (χ2n) is 3.91. The molecule has 1 rings (SSSR count). The fourth-order valence-corrected chi connectivity index (χ4v) is 1.29. The van der Waals surface area contributed by atoms with Crippen molar-refractivity contribution in [1.29, 1.82) is 0 Å². The predicted molar refractivity (Wildman–Crippen MR) is 68.4 cm³/mol. The summed E-state index contributed by atoms with van der Waals surface area (Å²) in [6.45, 7) is 2.25. The first-order chi connectivity index (χ1) is 9.36. The molecule has 1 aromatic heterocycles. The van der Waals surface area contributed by atoms with Crippen molar-refractivity contribution in [1.82, 2.24) is 15.3 Å². The molecule has 6 nitrogen and oxygen atoms in total. The number of carbonyl (C=O) groups is 1. The van der Waals surface area contributed by atoms with Crippen LogP contribution < -0.4 is 16.0 Å². The lowest BCUT2D eigenvalue weighted by Gasteiger charge is -2.11.